The molecule has 0 saturated heterocycles. The highest BCUT2D eigenvalue weighted by atomic mass is 16.7. The number of fused-ring (bicyclic) bond motifs is 1. The number of aliphatic hydroxyl groups is 1. The molecule has 3 aromatic carbocycles. The summed E-state index contributed by atoms with van der Waals surface area (Å²) in [6.07, 6.45) is 0. The molecular weight excluding hydrogens is 512 g/mol. The Kier molecular flexibility index (Phi) is 8.95. The SMILES string of the molecule is Cc1cc2c(cc1C(=O)O)NC(=O)/C2=C(\Nc1ccc(C(=O)N(C)OCCN(C)CCO)cc1)c1ccccc1. The number of rotatable bonds is 11. The number of carbonyl (C=O) groups excluding carboxylic acids is 2. The molecule has 1 aliphatic heterocycles. The second-order valence-corrected chi connectivity index (χ2v) is 9.45. The largest absolute Gasteiger partial charge is 0.478 e. The third kappa shape index (κ3) is 6.37. The van der Waals surface area contributed by atoms with Gasteiger partial charge in [-0.25, -0.2) is 9.86 Å². The third-order valence-corrected chi connectivity index (χ3v) is 6.58. The molecule has 0 atom stereocenters. The number of likely N-dealkylation sites (N-methyl/N-ethyl adjacent to an activating group) is 1. The van der Waals surface area contributed by atoms with Gasteiger partial charge < -0.3 is 25.7 Å². The molecule has 0 saturated carbocycles. The second-order valence-electron chi connectivity index (χ2n) is 9.45. The number of hydrogen-bond acceptors (Lipinski definition) is 7. The van der Waals surface area contributed by atoms with Crippen molar-refractivity contribution >= 4 is 40.4 Å². The van der Waals surface area contributed by atoms with Crippen LogP contribution in [0.1, 0.15) is 37.4 Å². The van der Waals surface area contributed by atoms with Gasteiger partial charge in [0.1, 0.15) is 0 Å². The molecule has 10 nitrogen and oxygen atoms in total. The summed E-state index contributed by atoms with van der Waals surface area (Å²) >= 11 is 0. The summed E-state index contributed by atoms with van der Waals surface area (Å²) in [5.41, 5.74) is 4.48. The Morgan fingerprint density at radius 2 is 1.68 bits per heavy atom. The maximum absolute atomic E-state index is 13.2. The molecule has 40 heavy (non-hydrogen) atoms. The Hall–Kier alpha value is -4.51. The van der Waals surface area contributed by atoms with Gasteiger partial charge in [-0.3, -0.25) is 14.4 Å². The summed E-state index contributed by atoms with van der Waals surface area (Å²) < 4.78 is 0. The van der Waals surface area contributed by atoms with Crippen molar-refractivity contribution in [1.29, 1.82) is 0 Å². The summed E-state index contributed by atoms with van der Waals surface area (Å²) in [5, 5.41) is 25.8. The van der Waals surface area contributed by atoms with Crippen LogP contribution in [-0.4, -0.2) is 78.4 Å². The molecule has 0 bridgehead atoms. The second kappa shape index (κ2) is 12.6. The summed E-state index contributed by atoms with van der Waals surface area (Å²) in [7, 11) is 3.40. The van der Waals surface area contributed by atoms with Crippen molar-refractivity contribution in [3.8, 4) is 0 Å². The van der Waals surface area contributed by atoms with Gasteiger partial charge in [0.05, 0.1) is 35.7 Å². The fourth-order valence-electron chi connectivity index (χ4n) is 4.38. The monoisotopic (exact) mass is 544 g/mol. The molecule has 1 heterocycles. The lowest BCUT2D eigenvalue weighted by molar-refractivity contribution is -0.110. The summed E-state index contributed by atoms with van der Waals surface area (Å²) in [5.74, 6) is -1.72. The molecule has 0 spiro atoms. The first-order valence-electron chi connectivity index (χ1n) is 12.8. The maximum atomic E-state index is 13.2. The Labute approximate surface area is 232 Å². The first kappa shape index (κ1) is 28.5. The number of aromatic carboxylic acids is 1. The average molecular weight is 545 g/mol. The van der Waals surface area contributed by atoms with E-state index < -0.39 is 5.97 Å². The van der Waals surface area contributed by atoms with Gasteiger partial charge in [-0.15, -0.1) is 0 Å². The molecule has 0 unspecified atom stereocenters. The predicted octanol–water partition coefficient (Wildman–Crippen LogP) is 3.55. The number of benzene rings is 3. The predicted molar refractivity (Wildman–Crippen MR) is 153 cm³/mol. The molecule has 3 aromatic rings. The minimum Gasteiger partial charge on any atom is -0.478 e. The van der Waals surface area contributed by atoms with Crippen molar-refractivity contribution in [2.24, 2.45) is 0 Å². The number of aryl methyl sites for hydroxylation is 1. The van der Waals surface area contributed by atoms with Gasteiger partial charge in [-0.1, -0.05) is 30.3 Å². The zero-order chi connectivity index (χ0) is 28.8. The van der Waals surface area contributed by atoms with E-state index in [1.807, 2.05) is 42.3 Å². The van der Waals surface area contributed by atoms with E-state index in [0.717, 1.165) is 5.56 Å². The van der Waals surface area contributed by atoms with E-state index in [-0.39, 0.29) is 24.0 Å². The van der Waals surface area contributed by atoms with E-state index in [9.17, 15) is 19.5 Å². The number of carboxylic acid groups (broad SMARTS) is 1. The van der Waals surface area contributed by atoms with Gasteiger partial charge in [0, 0.05) is 37.0 Å². The number of nitrogens with zero attached hydrogens (tertiary/aromatic N) is 2. The number of aliphatic hydroxyl groups excluding tert-OH is 1. The van der Waals surface area contributed by atoms with Crippen LogP contribution in [-0.2, 0) is 9.63 Å². The van der Waals surface area contributed by atoms with Crippen LogP contribution in [0.2, 0.25) is 0 Å². The number of carbonyl (C=O) groups is 3. The lowest BCUT2D eigenvalue weighted by Crippen LogP contribution is -2.32. The van der Waals surface area contributed by atoms with Gasteiger partial charge in [0.25, 0.3) is 11.8 Å². The topological polar surface area (TPSA) is 131 Å². The normalized spacial score (nSPS) is 13.6. The van der Waals surface area contributed by atoms with Crippen molar-refractivity contribution in [3.63, 3.8) is 0 Å². The molecule has 0 radical (unpaired) electrons. The van der Waals surface area contributed by atoms with Crippen molar-refractivity contribution in [1.82, 2.24) is 9.96 Å². The molecule has 208 valence electrons. The summed E-state index contributed by atoms with van der Waals surface area (Å²) in [6.45, 7) is 3.13. The van der Waals surface area contributed by atoms with Crippen molar-refractivity contribution in [2.75, 3.05) is 51.0 Å². The van der Waals surface area contributed by atoms with Crippen molar-refractivity contribution < 1.29 is 29.4 Å². The molecule has 4 N–H and O–H groups in total. The molecule has 4 rings (SSSR count). The zero-order valence-electron chi connectivity index (χ0n) is 22.6. The molecule has 1 aliphatic rings. The molecule has 0 fully saturated rings. The first-order valence-corrected chi connectivity index (χ1v) is 12.8. The molecule has 10 heteroatoms. The number of nitrogens with one attached hydrogen (secondary N) is 2. The lowest BCUT2D eigenvalue weighted by Gasteiger charge is -2.20. The number of carboxylic acids is 1. The van der Waals surface area contributed by atoms with E-state index in [4.69, 9.17) is 9.94 Å². The Bertz CT molecular complexity index is 1440. The van der Waals surface area contributed by atoms with Crippen molar-refractivity contribution in [3.05, 3.63) is 94.5 Å². The quantitative estimate of drug-likeness (QED) is 0.213. The fraction of sp³-hybridized carbons (Fsp3) is 0.233. The molecule has 0 aromatic heterocycles. The van der Waals surface area contributed by atoms with Crippen LogP contribution < -0.4 is 10.6 Å². The smallest absolute Gasteiger partial charge is 0.336 e. The summed E-state index contributed by atoms with van der Waals surface area (Å²) in [6, 6.07) is 19.4. The van der Waals surface area contributed by atoms with Crippen LogP contribution in [0.4, 0.5) is 11.4 Å². The number of amides is 2. The third-order valence-electron chi connectivity index (χ3n) is 6.58. The van der Waals surface area contributed by atoms with Gasteiger partial charge in [-0.05, 0) is 61.5 Å². The zero-order valence-corrected chi connectivity index (χ0v) is 22.6. The van der Waals surface area contributed by atoms with E-state index in [1.165, 1.54) is 11.1 Å². The fourth-order valence-corrected chi connectivity index (χ4v) is 4.38. The van der Waals surface area contributed by atoms with E-state index >= 15 is 0 Å². The van der Waals surface area contributed by atoms with Crippen LogP contribution in [0.5, 0.6) is 0 Å². The van der Waals surface area contributed by atoms with Crippen LogP contribution in [0.15, 0.2) is 66.7 Å². The van der Waals surface area contributed by atoms with Gasteiger partial charge in [-0.2, -0.15) is 0 Å². The summed E-state index contributed by atoms with van der Waals surface area (Å²) in [4.78, 5) is 45.0. The highest BCUT2D eigenvalue weighted by Crippen LogP contribution is 2.39. The molecule has 2 amide bonds. The number of hydroxylamine groups is 2. The van der Waals surface area contributed by atoms with E-state index in [0.29, 0.717) is 59.0 Å². The van der Waals surface area contributed by atoms with E-state index in [1.54, 1.807) is 44.3 Å². The Morgan fingerprint density at radius 1 is 0.975 bits per heavy atom. The lowest BCUT2D eigenvalue weighted by atomic mass is 9.96. The van der Waals surface area contributed by atoms with Crippen molar-refractivity contribution in [2.45, 2.75) is 6.92 Å². The Balaban J connectivity index is 1.60. The van der Waals surface area contributed by atoms with Gasteiger partial charge in [0.2, 0.25) is 0 Å². The standard InChI is InChI=1S/C30H32N4O6/c1-19-17-24-25(18-23(19)30(38)39)32-28(36)26(24)27(20-7-5-4-6-8-20)31-22-11-9-21(10-12-22)29(37)34(3)40-16-14-33(2)13-15-35/h4-12,17-18,31,35H,13-16H2,1-3H3,(H,32,36)(H,38,39)/b27-26-. The maximum Gasteiger partial charge on any atom is 0.336 e. The molecule has 0 aliphatic carbocycles. The van der Waals surface area contributed by atoms with Crippen LogP contribution >= 0.6 is 0 Å². The number of hydrogen-bond donors (Lipinski definition) is 4. The van der Waals surface area contributed by atoms with Crippen LogP contribution in [0.25, 0.3) is 11.3 Å². The van der Waals surface area contributed by atoms with Crippen LogP contribution in [0.3, 0.4) is 0 Å². The minimum absolute atomic E-state index is 0.0524. The van der Waals surface area contributed by atoms with Gasteiger partial charge in [0.15, 0.2) is 0 Å². The van der Waals surface area contributed by atoms with Crippen LogP contribution in [0, 0.1) is 6.92 Å². The van der Waals surface area contributed by atoms with Gasteiger partial charge >= 0.3 is 5.97 Å². The highest BCUT2D eigenvalue weighted by Gasteiger charge is 2.30. The first-order chi connectivity index (χ1) is 19.2. The molecular formula is C30H32N4O6. The average Bonchev–Trinajstić information content (AvgIpc) is 3.25. The van der Waals surface area contributed by atoms with E-state index in [2.05, 4.69) is 10.6 Å². The minimum atomic E-state index is -1.06. The Morgan fingerprint density at radius 3 is 2.33 bits per heavy atom. The highest BCUT2D eigenvalue weighted by molar-refractivity contribution is 6.37. The number of anilines is 2.